The minimum Gasteiger partial charge on any atom is -0.288 e. The monoisotopic (exact) mass is 314 g/mol. The van der Waals surface area contributed by atoms with E-state index in [0.29, 0.717) is 16.5 Å². The fourth-order valence-corrected chi connectivity index (χ4v) is 2.89. The predicted molar refractivity (Wildman–Crippen MR) is 97.4 cm³/mol. The number of nitrogens with one attached hydrogen (secondary N) is 1. The summed E-state index contributed by atoms with van der Waals surface area (Å²) in [6, 6.07) is 23.7. The predicted octanol–water partition coefficient (Wildman–Crippen LogP) is 3.39. The van der Waals surface area contributed by atoms with Crippen LogP contribution >= 0.6 is 0 Å². The fraction of sp³-hybridized carbons (Fsp3) is 0. The molecule has 1 aromatic heterocycles. The summed E-state index contributed by atoms with van der Waals surface area (Å²) in [5.41, 5.74) is 2.88. The Balaban J connectivity index is 2.17. The molecule has 0 saturated heterocycles. The van der Waals surface area contributed by atoms with E-state index in [1.807, 2.05) is 54.6 Å². The average molecular weight is 314 g/mol. The first-order valence-electron chi connectivity index (χ1n) is 7.64. The normalized spacial score (nSPS) is 10.8. The van der Waals surface area contributed by atoms with Crippen molar-refractivity contribution in [1.29, 1.82) is 0 Å². The van der Waals surface area contributed by atoms with Crippen LogP contribution in [0.15, 0.2) is 88.5 Å². The zero-order chi connectivity index (χ0) is 16.5. The summed E-state index contributed by atoms with van der Waals surface area (Å²) in [6.07, 6.45) is 0. The van der Waals surface area contributed by atoms with Crippen molar-refractivity contribution < 1.29 is 0 Å². The standard InChI is InChI=1S/C20H14N2O2/c23-19-17-12-6-4-10-15(17)16-11-5-7-13-18(16)20(24)22(19)21-14-8-2-1-3-9-14/h1-13,21H. The Morgan fingerprint density at radius 1 is 0.542 bits per heavy atom. The zero-order valence-corrected chi connectivity index (χ0v) is 12.8. The number of anilines is 1. The summed E-state index contributed by atoms with van der Waals surface area (Å²) in [4.78, 5) is 25.9. The summed E-state index contributed by atoms with van der Waals surface area (Å²) in [5.74, 6) is 0. The Morgan fingerprint density at radius 2 is 0.958 bits per heavy atom. The fourth-order valence-electron chi connectivity index (χ4n) is 2.89. The van der Waals surface area contributed by atoms with Crippen molar-refractivity contribution in [2.45, 2.75) is 0 Å². The number of fused-ring (bicyclic) bond motifs is 3. The highest BCUT2D eigenvalue weighted by molar-refractivity contribution is 6.05. The molecule has 0 aliphatic carbocycles. The van der Waals surface area contributed by atoms with Crippen molar-refractivity contribution in [1.82, 2.24) is 4.68 Å². The molecule has 1 N–H and O–H groups in total. The van der Waals surface area contributed by atoms with E-state index >= 15 is 0 Å². The van der Waals surface area contributed by atoms with Crippen LogP contribution < -0.4 is 16.5 Å². The molecule has 4 heteroatoms. The topological polar surface area (TPSA) is 51.1 Å². The molecule has 24 heavy (non-hydrogen) atoms. The quantitative estimate of drug-likeness (QED) is 0.617. The van der Waals surface area contributed by atoms with Crippen LogP contribution in [-0.2, 0) is 0 Å². The second-order valence-corrected chi connectivity index (χ2v) is 5.51. The smallest absolute Gasteiger partial charge is 0.280 e. The highest BCUT2D eigenvalue weighted by Gasteiger charge is 2.10. The van der Waals surface area contributed by atoms with Gasteiger partial charge in [-0.3, -0.25) is 15.0 Å². The van der Waals surface area contributed by atoms with Crippen LogP contribution in [-0.4, -0.2) is 4.68 Å². The molecule has 4 rings (SSSR count). The maximum Gasteiger partial charge on any atom is 0.280 e. The van der Waals surface area contributed by atoms with Crippen LogP contribution in [0.3, 0.4) is 0 Å². The first-order valence-corrected chi connectivity index (χ1v) is 7.64. The highest BCUT2D eigenvalue weighted by atomic mass is 16.2. The van der Waals surface area contributed by atoms with Gasteiger partial charge >= 0.3 is 0 Å². The Morgan fingerprint density at radius 3 is 1.46 bits per heavy atom. The molecule has 0 amide bonds. The molecule has 0 saturated carbocycles. The van der Waals surface area contributed by atoms with Gasteiger partial charge in [-0.2, -0.15) is 4.68 Å². The Bertz CT molecular complexity index is 1090. The molecule has 1 heterocycles. The highest BCUT2D eigenvalue weighted by Crippen LogP contribution is 2.19. The summed E-state index contributed by atoms with van der Waals surface area (Å²) >= 11 is 0. The van der Waals surface area contributed by atoms with Crippen molar-refractivity contribution in [3.05, 3.63) is 99.6 Å². The molecule has 0 aliphatic rings. The van der Waals surface area contributed by atoms with E-state index in [0.717, 1.165) is 15.4 Å². The van der Waals surface area contributed by atoms with Gasteiger partial charge < -0.3 is 0 Å². The lowest BCUT2D eigenvalue weighted by atomic mass is 10.1. The van der Waals surface area contributed by atoms with Crippen LogP contribution in [0, 0.1) is 0 Å². The van der Waals surface area contributed by atoms with E-state index in [-0.39, 0.29) is 11.1 Å². The SMILES string of the molecule is O=c1c2ccccc2c2ccccc2c(=O)n1Nc1ccccc1. The van der Waals surface area contributed by atoms with E-state index in [1.165, 1.54) is 0 Å². The molecule has 116 valence electrons. The summed E-state index contributed by atoms with van der Waals surface area (Å²) in [5, 5.41) is 2.53. The van der Waals surface area contributed by atoms with Gasteiger partial charge in [0.2, 0.25) is 0 Å². The molecule has 0 fully saturated rings. The molecule has 4 aromatic rings. The van der Waals surface area contributed by atoms with Gasteiger partial charge in [0.15, 0.2) is 0 Å². The molecule has 0 atom stereocenters. The van der Waals surface area contributed by atoms with Crippen LogP contribution in [0.5, 0.6) is 0 Å². The van der Waals surface area contributed by atoms with Crippen molar-refractivity contribution in [3.63, 3.8) is 0 Å². The van der Waals surface area contributed by atoms with Gasteiger partial charge in [0, 0.05) is 10.8 Å². The van der Waals surface area contributed by atoms with Crippen molar-refractivity contribution >= 4 is 27.2 Å². The zero-order valence-electron chi connectivity index (χ0n) is 12.8. The van der Waals surface area contributed by atoms with Gasteiger partial charge in [-0.15, -0.1) is 0 Å². The molecule has 0 spiro atoms. The lowest BCUT2D eigenvalue weighted by Gasteiger charge is -2.06. The maximum atomic E-state index is 13.0. The van der Waals surface area contributed by atoms with Crippen LogP contribution in [0.25, 0.3) is 21.5 Å². The number of hydrogen-bond acceptors (Lipinski definition) is 3. The lowest BCUT2D eigenvalue weighted by molar-refractivity contribution is 0.885. The van der Waals surface area contributed by atoms with E-state index in [1.54, 1.807) is 24.3 Å². The van der Waals surface area contributed by atoms with Gasteiger partial charge in [-0.1, -0.05) is 54.6 Å². The van der Waals surface area contributed by atoms with Gasteiger partial charge in [-0.25, -0.2) is 0 Å². The largest absolute Gasteiger partial charge is 0.288 e. The third-order valence-corrected chi connectivity index (χ3v) is 4.03. The van der Waals surface area contributed by atoms with E-state index in [2.05, 4.69) is 5.43 Å². The molecular weight excluding hydrogens is 300 g/mol. The van der Waals surface area contributed by atoms with Crippen LogP contribution in [0.4, 0.5) is 5.69 Å². The molecule has 0 radical (unpaired) electrons. The van der Waals surface area contributed by atoms with Gasteiger partial charge in [0.05, 0.1) is 5.69 Å². The summed E-state index contributed by atoms with van der Waals surface area (Å²) < 4.78 is 1.08. The third kappa shape index (κ3) is 2.25. The minimum atomic E-state index is -0.365. The van der Waals surface area contributed by atoms with Crippen molar-refractivity contribution in [2.75, 3.05) is 5.43 Å². The third-order valence-electron chi connectivity index (χ3n) is 4.03. The Kier molecular flexibility index (Phi) is 3.35. The first-order chi connectivity index (χ1) is 11.8. The maximum absolute atomic E-state index is 13.0. The molecule has 0 aliphatic heterocycles. The Hall–Kier alpha value is -3.40. The second kappa shape index (κ2) is 5.66. The molecule has 0 unspecified atom stereocenters. The number of hydrogen-bond donors (Lipinski definition) is 1. The van der Waals surface area contributed by atoms with E-state index in [9.17, 15) is 9.59 Å². The number of nitrogens with zero attached hydrogens (tertiary/aromatic N) is 1. The van der Waals surface area contributed by atoms with Crippen LogP contribution in [0.1, 0.15) is 0 Å². The van der Waals surface area contributed by atoms with Gasteiger partial charge in [0.25, 0.3) is 11.1 Å². The van der Waals surface area contributed by atoms with E-state index < -0.39 is 0 Å². The first kappa shape index (κ1) is 14.2. The molecule has 3 aromatic carbocycles. The van der Waals surface area contributed by atoms with Crippen molar-refractivity contribution in [2.24, 2.45) is 0 Å². The second-order valence-electron chi connectivity index (χ2n) is 5.51. The van der Waals surface area contributed by atoms with Gasteiger partial charge in [-0.05, 0) is 35.0 Å². The lowest BCUT2D eigenvalue weighted by Crippen LogP contribution is -2.35. The van der Waals surface area contributed by atoms with E-state index in [4.69, 9.17) is 0 Å². The minimum absolute atomic E-state index is 0.365. The summed E-state index contributed by atoms with van der Waals surface area (Å²) in [6.45, 7) is 0. The number of para-hydroxylation sites is 1. The van der Waals surface area contributed by atoms with Crippen molar-refractivity contribution in [3.8, 4) is 0 Å². The van der Waals surface area contributed by atoms with Crippen LogP contribution in [0.2, 0.25) is 0 Å². The Labute approximate surface area is 137 Å². The molecular formula is C20H14N2O2. The summed E-state index contributed by atoms with van der Waals surface area (Å²) in [7, 11) is 0. The average Bonchev–Trinajstić information content (AvgIpc) is 2.73. The molecule has 4 nitrogen and oxygen atoms in total. The number of rotatable bonds is 2. The number of aromatic nitrogens is 1. The van der Waals surface area contributed by atoms with Gasteiger partial charge in [0.1, 0.15) is 0 Å². The molecule has 0 bridgehead atoms. The number of benzene rings is 3.